The van der Waals surface area contributed by atoms with Gasteiger partial charge < -0.3 is 15.2 Å². The fraction of sp³-hybridized carbons (Fsp3) is 0.0714. The van der Waals surface area contributed by atoms with Gasteiger partial charge in [-0.3, -0.25) is 0 Å². The normalized spacial score (nSPS) is 9.76. The van der Waals surface area contributed by atoms with E-state index in [0.717, 1.165) is 12.3 Å². The van der Waals surface area contributed by atoms with Crippen molar-refractivity contribution in [3.05, 3.63) is 47.4 Å². The number of nitrogens with zero attached hydrogens (tertiary/aromatic N) is 2. The lowest BCUT2D eigenvalue weighted by molar-refractivity contribution is 0.0697. The van der Waals surface area contributed by atoms with E-state index >= 15 is 0 Å². The third-order valence-electron chi connectivity index (χ3n) is 2.69. The highest BCUT2D eigenvalue weighted by atomic mass is 19.1. The number of para-hydroxylation sites is 1. The largest absolute Gasteiger partial charge is 0.495 e. The molecule has 1 aromatic carbocycles. The lowest BCUT2D eigenvalue weighted by atomic mass is 10.1. The molecule has 0 aliphatic carbocycles. The maximum Gasteiger partial charge on any atom is 0.339 e. The molecule has 2 N–H and O–H groups in total. The fourth-order valence-electron chi connectivity index (χ4n) is 1.74. The van der Waals surface area contributed by atoms with Gasteiger partial charge in [-0.25, -0.2) is 14.2 Å². The summed E-state index contributed by atoms with van der Waals surface area (Å²) in [6.07, 6.45) is 0.885. The highest BCUT2D eigenvalue weighted by molar-refractivity contribution is 5.94. The van der Waals surface area contributed by atoms with Gasteiger partial charge in [-0.15, -0.1) is 0 Å². The molecule has 2 rings (SSSR count). The molecule has 0 spiro atoms. The van der Waals surface area contributed by atoms with E-state index in [1.54, 1.807) is 12.1 Å². The second-order valence-corrected chi connectivity index (χ2v) is 3.97. The molecule has 21 heavy (non-hydrogen) atoms. The Morgan fingerprint density at radius 1 is 1.52 bits per heavy atom. The molecular formula is C14H10FN3O3. The van der Waals surface area contributed by atoms with Gasteiger partial charge in [0.05, 0.1) is 18.9 Å². The smallest absolute Gasteiger partial charge is 0.339 e. The summed E-state index contributed by atoms with van der Waals surface area (Å²) in [7, 11) is 1.41. The van der Waals surface area contributed by atoms with Crippen LogP contribution >= 0.6 is 0 Å². The number of halogens is 1. The van der Waals surface area contributed by atoms with Crippen molar-refractivity contribution < 1.29 is 19.0 Å². The van der Waals surface area contributed by atoms with Gasteiger partial charge >= 0.3 is 5.97 Å². The van der Waals surface area contributed by atoms with E-state index in [0.29, 0.717) is 5.75 Å². The number of hydrogen-bond donors (Lipinski definition) is 2. The maximum absolute atomic E-state index is 13.1. The molecule has 2 aromatic rings. The van der Waals surface area contributed by atoms with Crippen LogP contribution in [-0.4, -0.2) is 23.2 Å². The number of carboxylic acids is 1. The lowest BCUT2D eigenvalue weighted by Gasteiger charge is -2.13. The number of pyridine rings is 1. The van der Waals surface area contributed by atoms with Crippen LogP contribution in [0.15, 0.2) is 30.5 Å². The minimum Gasteiger partial charge on any atom is -0.495 e. The minimum absolute atomic E-state index is 0.0788. The molecule has 7 heteroatoms. The van der Waals surface area contributed by atoms with E-state index in [4.69, 9.17) is 15.1 Å². The van der Waals surface area contributed by atoms with Crippen LogP contribution in [0.25, 0.3) is 0 Å². The zero-order chi connectivity index (χ0) is 15.4. The molecular weight excluding hydrogens is 277 g/mol. The Bertz CT molecular complexity index is 741. The number of carboxylic acid groups (broad SMARTS) is 1. The van der Waals surface area contributed by atoms with E-state index in [1.165, 1.54) is 13.2 Å². The molecule has 0 aliphatic heterocycles. The van der Waals surface area contributed by atoms with E-state index in [-0.39, 0.29) is 22.6 Å². The summed E-state index contributed by atoms with van der Waals surface area (Å²) in [5.74, 6) is -1.84. The van der Waals surface area contributed by atoms with Gasteiger partial charge in [0.25, 0.3) is 0 Å². The molecule has 0 atom stereocenters. The van der Waals surface area contributed by atoms with Gasteiger partial charge in [-0.1, -0.05) is 6.07 Å². The van der Waals surface area contributed by atoms with Crippen LogP contribution in [0.1, 0.15) is 15.9 Å². The number of aromatic nitrogens is 1. The summed E-state index contributed by atoms with van der Waals surface area (Å²) in [5.41, 5.74) is 0.172. The number of ether oxygens (including phenoxy) is 1. The van der Waals surface area contributed by atoms with Crippen molar-refractivity contribution in [1.82, 2.24) is 4.98 Å². The summed E-state index contributed by atoms with van der Waals surface area (Å²) in [6.45, 7) is 0. The first-order valence-electron chi connectivity index (χ1n) is 5.79. The first kappa shape index (κ1) is 14.3. The molecule has 0 bridgehead atoms. The van der Waals surface area contributed by atoms with Crippen molar-refractivity contribution in [1.29, 1.82) is 5.26 Å². The first-order chi connectivity index (χ1) is 10.1. The molecule has 0 amide bonds. The third-order valence-corrected chi connectivity index (χ3v) is 2.69. The number of nitrogens with one attached hydrogen (secondary N) is 1. The minimum atomic E-state index is -1.34. The Morgan fingerprint density at radius 3 is 2.90 bits per heavy atom. The van der Waals surface area contributed by atoms with Crippen LogP contribution in [0.3, 0.4) is 0 Å². The number of hydrogen-bond acceptors (Lipinski definition) is 5. The topological polar surface area (TPSA) is 95.2 Å². The SMILES string of the molecule is COc1cccc(C#N)c1Nc1ncc(F)cc1C(=O)O. The van der Waals surface area contributed by atoms with E-state index < -0.39 is 11.8 Å². The van der Waals surface area contributed by atoms with Gasteiger partial charge in [0.15, 0.2) is 0 Å². The molecule has 6 nitrogen and oxygen atoms in total. The van der Waals surface area contributed by atoms with Crippen LogP contribution in [0, 0.1) is 17.1 Å². The van der Waals surface area contributed by atoms with Crippen molar-refractivity contribution in [3.63, 3.8) is 0 Å². The molecule has 0 saturated heterocycles. The van der Waals surface area contributed by atoms with Crippen molar-refractivity contribution in [3.8, 4) is 11.8 Å². The number of aromatic carboxylic acids is 1. The standard InChI is InChI=1S/C14H10FN3O3/c1-21-11-4-2-3-8(6-16)12(11)18-13-10(14(19)20)5-9(15)7-17-13/h2-5,7H,1H3,(H,17,18)(H,19,20). The van der Waals surface area contributed by atoms with Crippen molar-refractivity contribution in [2.45, 2.75) is 0 Å². The Kier molecular flexibility index (Phi) is 4.00. The Labute approximate surface area is 119 Å². The Morgan fingerprint density at radius 2 is 2.29 bits per heavy atom. The second-order valence-electron chi connectivity index (χ2n) is 3.97. The molecule has 1 heterocycles. The van der Waals surface area contributed by atoms with Gasteiger partial charge in [0.1, 0.15) is 34.7 Å². The Hall–Kier alpha value is -3.14. The zero-order valence-electron chi connectivity index (χ0n) is 10.9. The number of carbonyl (C=O) groups is 1. The lowest BCUT2D eigenvalue weighted by Crippen LogP contribution is -2.07. The van der Waals surface area contributed by atoms with Crippen LogP contribution < -0.4 is 10.1 Å². The summed E-state index contributed by atoms with van der Waals surface area (Å²) >= 11 is 0. The number of rotatable bonds is 4. The zero-order valence-corrected chi connectivity index (χ0v) is 10.9. The summed E-state index contributed by atoms with van der Waals surface area (Å²) in [6, 6.07) is 7.57. The third kappa shape index (κ3) is 2.90. The summed E-state index contributed by atoms with van der Waals surface area (Å²) in [4.78, 5) is 14.8. The van der Waals surface area contributed by atoms with Crippen LogP contribution in [0.5, 0.6) is 5.75 Å². The van der Waals surface area contributed by atoms with Crippen LogP contribution in [-0.2, 0) is 0 Å². The van der Waals surface area contributed by atoms with Gasteiger partial charge in [-0.05, 0) is 18.2 Å². The van der Waals surface area contributed by atoms with Crippen molar-refractivity contribution >= 4 is 17.5 Å². The quantitative estimate of drug-likeness (QED) is 0.897. The molecule has 0 fully saturated rings. The molecule has 0 aliphatic rings. The molecule has 0 saturated carbocycles. The number of benzene rings is 1. The summed E-state index contributed by atoms with van der Waals surface area (Å²) in [5, 5.41) is 20.9. The number of nitriles is 1. The van der Waals surface area contributed by atoms with Crippen molar-refractivity contribution in [2.75, 3.05) is 12.4 Å². The fourth-order valence-corrected chi connectivity index (χ4v) is 1.74. The van der Waals surface area contributed by atoms with Crippen LogP contribution in [0.2, 0.25) is 0 Å². The maximum atomic E-state index is 13.1. The molecule has 106 valence electrons. The number of methoxy groups -OCH3 is 1. The first-order valence-corrected chi connectivity index (χ1v) is 5.79. The van der Waals surface area contributed by atoms with E-state index in [9.17, 15) is 9.18 Å². The average Bonchev–Trinajstić information content (AvgIpc) is 2.48. The van der Waals surface area contributed by atoms with Crippen LogP contribution in [0.4, 0.5) is 15.9 Å². The monoisotopic (exact) mass is 287 g/mol. The van der Waals surface area contributed by atoms with Gasteiger partial charge in [0, 0.05) is 0 Å². The van der Waals surface area contributed by atoms with Gasteiger partial charge in [-0.2, -0.15) is 5.26 Å². The predicted molar refractivity (Wildman–Crippen MR) is 72.1 cm³/mol. The number of anilines is 2. The van der Waals surface area contributed by atoms with E-state index in [2.05, 4.69) is 10.3 Å². The summed E-state index contributed by atoms with van der Waals surface area (Å²) < 4.78 is 18.2. The molecule has 0 unspecified atom stereocenters. The van der Waals surface area contributed by atoms with Gasteiger partial charge in [0.2, 0.25) is 0 Å². The Balaban J connectivity index is 2.53. The highest BCUT2D eigenvalue weighted by Gasteiger charge is 2.16. The highest BCUT2D eigenvalue weighted by Crippen LogP contribution is 2.31. The average molecular weight is 287 g/mol. The molecule has 1 aromatic heterocycles. The predicted octanol–water partition coefficient (Wildman–Crippen LogP) is 2.54. The van der Waals surface area contributed by atoms with E-state index in [1.807, 2.05) is 6.07 Å². The molecule has 0 radical (unpaired) electrons. The van der Waals surface area contributed by atoms with Crippen molar-refractivity contribution in [2.24, 2.45) is 0 Å². The second kappa shape index (κ2) is 5.88.